The summed E-state index contributed by atoms with van der Waals surface area (Å²) in [5.41, 5.74) is 5.29. The summed E-state index contributed by atoms with van der Waals surface area (Å²) in [5.74, 6) is -0.463. The smallest absolute Gasteiger partial charge is 0.322 e. The number of esters is 1. The molecule has 0 unspecified atom stereocenters. The Balaban J connectivity index is 3.53. The van der Waals surface area contributed by atoms with Crippen molar-refractivity contribution >= 4 is 5.97 Å². The van der Waals surface area contributed by atoms with Crippen LogP contribution in [0.1, 0.15) is 12.8 Å². The molecule has 0 aliphatic carbocycles. The number of nitrogens with zero attached hydrogens (tertiary/aromatic N) is 1. The number of hydrogen-bond donors (Lipinski definition) is 1. The van der Waals surface area contributed by atoms with Crippen LogP contribution < -0.4 is 5.73 Å². The molecule has 56 valence electrons. The summed E-state index contributed by atoms with van der Waals surface area (Å²) in [6, 6.07) is 1.24. The molecule has 0 aromatic carbocycles. The van der Waals surface area contributed by atoms with Crippen LogP contribution >= 0.6 is 0 Å². The molecular weight excluding hydrogens is 132 g/mol. The van der Waals surface area contributed by atoms with Gasteiger partial charge in [0.25, 0.3) is 0 Å². The van der Waals surface area contributed by atoms with Crippen LogP contribution in [-0.2, 0) is 9.53 Å². The average molecular weight is 142 g/mol. The lowest BCUT2D eigenvalue weighted by Crippen LogP contribution is -2.31. The van der Waals surface area contributed by atoms with Crippen LogP contribution in [0.25, 0.3) is 0 Å². The molecule has 0 aliphatic rings. The van der Waals surface area contributed by atoms with Crippen molar-refractivity contribution in [2.45, 2.75) is 18.9 Å². The third-order valence-corrected chi connectivity index (χ3v) is 1.07. The van der Waals surface area contributed by atoms with Crippen LogP contribution in [0.3, 0.4) is 0 Å². The molecule has 0 radical (unpaired) electrons. The Morgan fingerprint density at radius 2 is 2.50 bits per heavy atom. The van der Waals surface area contributed by atoms with Gasteiger partial charge in [-0.25, -0.2) is 0 Å². The summed E-state index contributed by atoms with van der Waals surface area (Å²) in [7, 11) is 1.27. The van der Waals surface area contributed by atoms with Gasteiger partial charge in [-0.2, -0.15) is 5.26 Å². The number of nitriles is 1. The first-order valence-electron chi connectivity index (χ1n) is 2.92. The minimum atomic E-state index is -0.648. The Kier molecular flexibility index (Phi) is 4.25. The standard InChI is InChI=1S/C6H10N2O2/c1-10-6(9)5(8)3-2-4-7/h5H,2-3,8H2,1H3/t5-/m0/s1. The van der Waals surface area contributed by atoms with Crippen LogP contribution in [0.4, 0.5) is 0 Å². The number of nitrogens with two attached hydrogens (primary N) is 1. The number of rotatable bonds is 3. The summed E-state index contributed by atoms with van der Waals surface area (Å²) >= 11 is 0. The van der Waals surface area contributed by atoms with Crippen LogP contribution in [0.5, 0.6) is 0 Å². The van der Waals surface area contributed by atoms with Crippen molar-refractivity contribution in [3.05, 3.63) is 0 Å². The second-order valence-corrected chi connectivity index (χ2v) is 1.83. The van der Waals surface area contributed by atoms with Crippen LogP contribution in [0.15, 0.2) is 0 Å². The van der Waals surface area contributed by atoms with Gasteiger partial charge in [0.15, 0.2) is 0 Å². The molecule has 1 atom stereocenters. The van der Waals surface area contributed by atoms with Crippen molar-refractivity contribution in [3.63, 3.8) is 0 Å². The Labute approximate surface area is 59.6 Å². The summed E-state index contributed by atoms with van der Waals surface area (Å²) in [6.45, 7) is 0. The lowest BCUT2D eigenvalue weighted by Gasteiger charge is -2.04. The predicted octanol–water partition coefficient (Wildman–Crippen LogP) is -0.210. The fraction of sp³-hybridized carbons (Fsp3) is 0.667. The quantitative estimate of drug-likeness (QED) is 0.553. The van der Waals surface area contributed by atoms with Gasteiger partial charge in [-0.15, -0.1) is 0 Å². The number of carbonyl (C=O) groups is 1. The van der Waals surface area contributed by atoms with Gasteiger partial charge in [0.1, 0.15) is 6.04 Å². The maximum absolute atomic E-state index is 10.6. The fourth-order valence-electron chi connectivity index (χ4n) is 0.489. The minimum Gasteiger partial charge on any atom is -0.468 e. The molecule has 0 saturated carbocycles. The third-order valence-electron chi connectivity index (χ3n) is 1.07. The molecule has 0 amide bonds. The van der Waals surface area contributed by atoms with Crippen molar-refractivity contribution in [1.82, 2.24) is 0 Å². The highest BCUT2D eigenvalue weighted by atomic mass is 16.5. The average Bonchev–Trinajstić information content (AvgIpc) is 1.98. The van der Waals surface area contributed by atoms with Crippen molar-refractivity contribution in [3.8, 4) is 6.07 Å². The van der Waals surface area contributed by atoms with E-state index in [4.69, 9.17) is 11.0 Å². The van der Waals surface area contributed by atoms with E-state index >= 15 is 0 Å². The van der Waals surface area contributed by atoms with Crippen molar-refractivity contribution in [1.29, 1.82) is 5.26 Å². The summed E-state index contributed by atoms with van der Waals surface area (Å²) in [5, 5.41) is 8.11. The molecular formula is C6H10N2O2. The van der Waals surface area contributed by atoms with Crippen LogP contribution in [0, 0.1) is 11.3 Å². The predicted molar refractivity (Wildman–Crippen MR) is 34.8 cm³/mol. The SMILES string of the molecule is COC(=O)[C@@H](N)CCC#N. The molecule has 4 nitrogen and oxygen atoms in total. The first-order valence-corrected chi connectivity index (χ1v) is 2.92. The molecule has 0 rings (SSSR count). The van der Waals surface area contributed by atoms with Crippen molar-refractivity contribution < 1.29 is 9.53 Å². The molecule has 0 heterocycles. The van der Waals surface area contributed by atoms with Gasteiger partial charge >= 0.3 is 5.97 Å². The second-order valence-electron chi connectivity index (χ2n) is 1.83. The van der Waals surface area contributed by atoms with Gasteiger partial charge in [0, 0.05) is 6.42 Å². The molecule has 0 fully saturated rings. The Bertz CT molecular complexity index is 150. The Morgan fingerprint density at radius 3 is 2.90 bits per heavy atom. The second kappa shape index (κ2) is 4.77. The Morgan fingerprint density at radius 1 is 1.90 bits per heavy atom. The van der Waals surface area contributed by atoms with Gasteiger partial charge in [0.05, 0.1) is 13.2 Å². The lowest BCUT2D eigenvalue weighted by molar-refractivity contribution is -0.142. The van der Waals surface area contributed by atoms with Crippen LogP contribution in [0.2, 0.25) is 0 Å². The van der Waals surface area contributed by atoms with E-state index < -0.39 is 12.0 Å². The third kappa shape index (κ3) is 3.05. The van der Waals surface area contributed by atoms with Gasteiger partial charge in [-0.3, -0.25) is 4.79 Å². The summed E-state index contributed by atoms with van der Waals surface area (Å²) in [6.07, 6.45) is 0.652. The molecule has 2 N–H and O–H groups in total. The monoisotopic (exact) mass is 142 g/mol. The van der Waals surface area contributed by atoms with E-state index in [9.17, 15) is 4.79 Å². The zero-order valence-electron chi connectivity index (χ0n) is 5.83. The molecule has 4 heteroatoms. The van der Waals surface area contributed by atoms with E-state index in [1.54, 1.807) is 0 Å². The molecule has 10 heavy (non-hydrogen) atoms. The normalized spacial score (nSPS) is 11.7. The number of hydrogen-bond acceptors (Lipinski definition) is 4. The van der Waals surface area contributed by atoms with Gasteiger partial charge < -0.3 is 10.5 Å². The maximum atomic E-state index is 10.6. The first-order chi connectivity index (χ1) is 4.72. The van der Waals surface area contributed by atoms with Gasteiger partial charge in [-0.05, 0) is 6.42 Å². The lowest BCUT2D eigenvalue weighted by atomic mass is 10.2. The molecule has 0 aromatic heterocycles. The summed E-state index contributed by atoms with van der Waals surface area (Å²) in [4.78, 5) is 10.6. The molecule has 0 aromatic rings. The zero-order valence-corrected chi connectivity index (χ0v) is 5.83. The topological polar surface area (TPSA) is 76.1 Å². The number of carbonyl (C=O) groups excluding carboxylic acids is 1. The first kappa shape index (κ1) is 8.92. The van der Waals surface area contributed by atoms with E-state index in [-0.39, 0.29) is 6.42 Å². The van der Waals surface area contributed by atoms with Gasteiger partial charge in [-0.1, -0.05) is 0 Å². The Hall–Kier alpha value is -1.08. The highest BCUT2D eigenvalue weighted by Crippen LogP contribution is 1.94. The molecule has 0 saturated heterocycles. The highest BCUT2D eigenvalue weighted by molar-refractivity contribution is 5.75. The molecule has 0 spiro atoms. The van der Waals surface area contributed by atoms with Crippen LogP contribution in [-0.4, -0.2) is 19.1 Å². The van der Waals surface area contributed by atoms with E-state index in [2.05, 4.69) is 4.74 Å². The highest BCUT2D eigenvalue weighted by Gasteiger charge is 2.11. The van der Waals surface area contributed by atoms with E-state index in [0.717, 1.165) is 0 Å². The molecule has 0 bridgehead atoms. The summed E-state index contributed by atoms with van der Waals surface area (Å²) < 4.78 is 4.34. The molecule has 0 aliphatic heterocycles. The maximum Gasteiger partial charge on any atom is 0.322 e. The van der Waals surface area contributed by atoms with Gasteiger partial charge in [0.2, 0.25) is 0 Å². The fourth-order valence-corrected chi connectivity index (χ4v) is 0.489. The zero-order chi connectivity index (χ0) is 7.98. The van der Waals surface area contributed by atoms with Crippen molar-refractivity contribution in [2.24, 2.45) is 5.73 Å². The minimum absolute atomic E-state index is 0.288. The number of ether oxygens (including phenoxy) is 1. The van der Waals surface area contributed by atoms with E-state index in [1.165, 1.54) is 7.11 Å². The van der Waals surface area contributed by atoms with Crippen molar-refractivity contribution in [2.75, 3.05) is 7.11 Å². The van der Waals surface area contributed by atoms with E-state index in [0.29, 0.717) is 6.42 Å². The largest absolute Gasteiger partial charge is 0.468 e. The number of methoxy groups -OCH3 is 1. The van der Waals surface area contributed by atoms with E-state index in [1.807, 2.05) is 6.07 Å².